The van der Waals surface area contributed by atoms with Crippen LogP contribution in [-0.4, -0.2) is 72.5 Å². The van der Waals surface area contributed by atoms with E-state index in [0.29, 0.717) is 13.1 Å². The van der Waals surface area contributed by atoms with Crippen LogP contribution < -0.4 is 32.1 Å². The molecule has 0 saturated heterocycles. The first-order chi connectivity index (χ1) is 22.4. The van der Waals surface area contributed by atoms with Crippen LogP contribution in [0.15, 0.2) is 91.0 Å². The molecule has 3 aromatic carbocycles. The van der Waals surface area contributed by atoms with Gasteiger partial charge in [0.15, 0.2) is 5.96 Å². The van der Waals surface area contributed by atoms with Gasteiger partial charge in [-0.05, 0) is 55.7 Å². The van der Waals surface area contributed by atoms with Crippen LogP contribution in [0.25, 0.3) is 0 Å². The fourth-order valence-corrected chi connectivity index (χ4v) is 9.08. The summed E-state index contributed by atoms with van der Waals surface area (Å²) in [5.41, 5.74) is 5.19. The maximum Gasteiger partial charge on any atom is 0.490 e. The van der Waals surface area contributed by atoms with E-state index >= 15 is 0 Å². The molecule has 0 aliphatic heterocycles. The molecule has 1 aliphatic carbocycles. The number of hydrogen-bond acceptors (Lipinski definition) is 5. The van der Waals surface area contributed by atoms with E-state index in [0.717, 1.165) is 25.4 Å². The van der Waals surface area contributed by atoms with Gasteiger partial charge < -0.3 is 31.0 Å². The molecule has 0 spiro atoms. The summed E-state index contributed by atoms with van der Waals surface area (Å²) in [4.78, 5) is 32.3. The lowest BCUT2D eigenvalue weighted by Gasteiger charge is -2.28. The average molecular weight is 701 g/mol. The Bertz CT molecular complexity index is 1390. The average Bonchev–Trinajstić information content (AvgIpc) is 3.82. The van der Waals surface area contributed by atoms with Gasteiger partial charge in [-0.15, -0.1) is 0 Å². The minimum Gasteiger partial charge on any atom is -0.542 e. The van der Waals surface area contributed by atoms with Crippen molar-refractivity contribution in [3.63, 3.8) is 0 Å². The van der Waals surface area contributed by atoms with Crippen LogP contribution >= 0.6 is 7.26 Å². The van der Waals surface area contributed by atoms with Crippen LogP contribution in [0.1, 0.15) is 19.3 Å². The Morgan fingerprint density at radius 3 is 1.48 bits per heavy atom. The highest BCUT2D eigenvalue weighted by atomic mass is 31.2. The third-order valence-electron chi connectivity index (χ3n) is 7.31. The Hall–Kier alpha value is -4.65. The maximum absolute atomic E-state index is 13.0. The van der Waals surface area contributed by atoms with Crippen molar-refractivity contribution in [2.24, 2.45) is 11.1 Å². The Balaban J connectivity index is 0.000000479. The number of carboxylic acids is 2. The highest BCUT2D eigenvalue weighted by molar-refractivity contribution is 7.95. The summed E-state index contributed by atoms with van der Waals surface area (Å²) < 4.78 is 63.3. The van der Waals surface area contributed by atoms with Crippen LogP contribution in [0.4, 0.5) is 26.3 Å². The number of alkyl halides is 6. The van der Waals surface area contributed by atoms with E-state index in [4.69, 9.17) is 30.9 Å². The SMILES string of the molecule is CN(CC1(C(=O)NCCC[P+](c2ccccc2)(c2ccccc2)c2ccccc2)CC1)C(=N)N.O=C(O)C(F)(F)F.O=C([O-])C(F)(F)F. The number of amides is 1. The Labute approximate surface area is 273 Å². The molecule has 0 heterocycles. The largest absolute Gasteiger partial charge is 0.542 e. The van der Waals surface area contributed by atoms with Crippen LogP contribution in [0.5, 0.6) is 0 Å². The number of benzene rings is 3. The lowest BCUT2D eigenvalue weighted by Crippen LogP contribution is -2.43. The molecule has 16 heteroatoms. The standard InChI is InChI=1S/C28H33N4OP.2C2HF3O2/c1-32(27(29)30)22-28(18-19-28)26(33)31-20-11-21-34(23-12-5-2-6-13-23,24-14-7-3-8-15-24)25-16-9-4-10-17-25;2*3-2(4,5)1(6)7/h2-10,12-17H,11,18-22H2,1H3,(H3-,29,30,31,33);2*(H,6,7). The normalized spacial score (nSPS) is 13.4. The molecule has 0 radical (unpaired) electrons. The predicted octanol–water partition coefficient (Wildman–Crippen LogP) is 3.02. The van der Waals surface area contributed by atoms with E-state index in [1.54, 1.807) is 11.9 Å². The number of hydrogen-bond donors (Lipinski definition) is 4. The molecule has 4 rings (SSSR count). The van der Waals surface area contributed by atoms with E-state index in [9.17, 15) is 31.1 Å². The summed E-state index contributed by atoms with van der Waals surface area (Å²) >= 11 is 0. The maximum atomic E-state index is 13.0. The van der Waals surface area contributed by atoms with E-state index < -0.39 is 37.0 Å². The van der Waals surface area contributed by atoms with Crippen molar-refractivity contribution in [2.45, 2.75) is 31.6 Å². The molecule has 5 N–H and O–H groups in total. The van der Waals surface area contributed by atoms with E-state index in [-0.39, 0.29) is 11.9 Å². The molecule has 0 bridgehead atoms. The van der Waals surface area contributed by atoms with Crippen molar-refractivity contribution in [1.82, 2.24) is 10.2 Å². The van der Waals surface area contributed by atoms with Gasteiger partial charge in [0.25, 0.3) is 0 Å². The minimum atomic E-state index is -5.19. The molecule has 1 saturated carbocycles. The summed E-state index contributed by atoms with van der Waals surface area (Å²) in [6.45, 7) is 1.14. The van der Waals surface area contributed by atoms with Crippen molar-refractivity contribution in [2.75, 3.05) is 26.3 Å². The van der Waals surface area contributed by atoms with Crippen LogP contribution in [0, 0.1) is 10.8 Å². The molecule has 0 unspecified atom stereocenters. The van der Waals surface area contributed by atoms with Crippen molar-refractivity contribution in [3.05, 3.63) is 91.0 Å². The molecule has 260 valence electrons. The van der Waals surface area contributed by atoms with Gasteiger partial charge in [0.05, 0.1) is 11.6 Å². The number of nitrogens with two attached hydrogens (primary N) is 1. The zero-order valence-electron chi connectivity index (χ0n) is 25.7. The summed E-state index contributed by atoms with van der Waals surface area (Å²) in [5, 5.41) is 30.8. The molecule has 1 fully saturated rings. The second-order valence-corrected chi connectivity index (χ2v) is 14.4. The summed E-state index contributed by atoms with van der Waals surface area (Å²) in [5.74, 6) is -5.68. The molecule has 1 amide bonds. The van der Waals surface area contributed by atoms with Gasteiger partial charge in [-0.25, -0.2) is 4.79 Å². The molecule has 48 heavy (non-hydrogen) atoms. The number of guanidine groups is 1. The second kappa shape index (κ2) is 17.0. The number of aliphatic carboxylic acids is 2. The Kier molecular flexibility index (Phi) is 14.0. The number of carboxylic acid groups (broad SMARTS) is 2. The van der Waals surface area contributed by atoms with Gasteiger partial charge in [-0.2, -0.15) is 26.3 Å². The van der Waals surface area contributed by atoms with E-state index in [1.165, 1.54) is 15.9 Å². The van der Waals surface area contributed by atoms with Gasteiger partial charge >= 0.3 is 18.3 Å². The number of nitrogens with zero attached hydrogens (tertiary/aromatic N) is 1. The quantitative estimate of drug-likeness (QED) is 0.0832. The summed E-state index contributed by atoms with van der Waals surface area (Å²) in [6, 6.07) is 32.5. The lowest BCUT2D eigenvalue weighted by molar-refractivity contribution is -0.344. The van der Waals surface area contributed by atoms with Crippen LogP contribution in [0.3, 0.4) is 0 Å². The van der Waals surface area contributed by atoms with E-state index in [2.05, 4.69) is 96.3 Å². The molecule has 1 aliphatic rings. The monoisotopic (exact) mass is 700 g/mol. The van der Waals surface area contributed by atoms with Gasteiger partial charge in [0, 0.05) is 20.1 Å². The summed E-state index contributed by atoms with van der Waals surface area (Å²) in [7, 11) is -0.106. The lowest BCUT2D eigenvalue weighted by atomic mass is 10.1. The zero-order chi connectivity index (χ0) is 36.2. The fraction of sp³-hybridized carbons (Fsp3) is 0.312. The van der Waals surface area contributed by atoms with Gasteiger partial charge in [0.1, 0.15) is 29.1 Å². The highest BCUT2D eigenvalue weighted by Gasteiger charge is 2.51. The summed E-state index contributed by atoms with van der Waals surface area (Å²) in [6.07, 6.45) is -6.71. The van der Waals surface area contributed by atoms with Crippen molar-refractivity contribution in [1.29, 1.82) is 5.41 Å². The molecule has 0 atom stereocenters. The van der Waals surface area contributed by atoms with Gasteiger partial charge in [-0.1, -0.05) is 54.6 Å². The molecule has 9 nitrogen and oxygen atoms in total. The topological polar surface area (TPSA) is 160 Å². The minimum absolute atomic E-state index is 0.00208. The fourth-order valence-electron chi connectivity index (χ4n) is 4.73. The first kappa shape index (κ1) is 39.5. The molecule has 3 aromatic rings. The number of halogens is 6. The van der Waals surface area contributed by atoms with Crippen molar-refractivity contribution < 1.29 is 50.9 Å². The first-order valence-electron chi connectivity index (χ1n) is 14.3. The number of carbonyl (C=O) groups is 3. The zero-order valence-corrected chi connectivity index (χ0v) is 26.6. The molecule has 0 aromatic heterocycles. The number of carbonyl (C=O) groups excluding carboxylic acids is 2. The highest BCUT2D eigenvalue weighted by Crippen LogP contribution is 2.55. The van der Waals surface area contributed by atoms with Gasteiger partial charge in [-0.3, -0.25) is 10.2 Å². The third kappa shape index (κ3) is 11.3. The number of nitrogens with one attached hydrogen (secondary N) is 2. The van der Waals surface area contributed by atoms with Gasteiger partial charge in [0.2, 0.25) is 5.91 Å². The second-order valence-electron chi connectivity index (χ2n) is 10.8. The van der Waals surface area contributed by atoms with Crippen LogP contribution in [0.2, 0.25) is 0 Å². The Morgan fingerprint density at radius 1 is 0.854 bits per heavy atom. The molecular weight excluding hydrogens is 665 g/mol. The predicted molar refractivity (Wildman–Crippen MR) is 169 cm³/mol. The smallest absolute Gasteiger partial charge is 0.490 e. The van der Waals surface area contributed by atoms with Crippen LogP contribution in [-0.2, 0) is 14.4 Å². The van der Waals surface area contributed by atoms with Crippen molar-refractivity contribution >= 4 is 47.0 Å². The third-order valence-corrected chi connectivity index (χ3v) is 11.8. The first-order valence-corrected chi connectivity index (χ1v) is 16.3. The number of rotatable bonds is 10. The van der Waals surface area contributed by atoms with E-state index in [1.807, 2.05) is 0 Å². The van der Waals surface area contributed by atoms with Crippen molar-refractivity contribution in [3.8, 4) is 0 Å². The molecular formula is C32H35F6N4O5P. The Morgan fingerprint density at radius 2 is 1.21 bits per heavy atom.